The highest BCUT2D eigenvalue weighted by atomic mass is 32.1. The SMILES string of the molecule is C[C@H]1CN(CCCC2CCC(N3C(=S)N(c4ccc(C#N)c(C(F)(F)F)c4)C(=O)C3(C)C)CC2)C[C@H](C)N1CC(N)=O. The van der Waals surface area contributed by atoms with Gasteiger partial charge in [-0.25, -0.2) is 0 Å². The molecule has 2 saturated heterocycles. The molecule has 2 aliphatic heterocycles. The number of rotatable bonds is 8. The summed E-state index contributed by atoms with van der Waals surface area (Å²) in [5.74, 6) is -0.0872. The van der Waals surface area contributed by atoms with Crippen LogP contribution >= 0.6 is 12.2 Å². The van der Waals surface area contributed by atoms with E-state index in [4.69, 9.17) is 23.2 Å². The zero-order valence-corrected chi connectivity index (χ0v) is 25.6. The number of benzene rings is 1. The minimum Gasteiger partial charge on any atom is -0.369 e. The topological polar surface area (TPSA) is 96.9 Å². The van der Waals surface area contributed by atoms with Gasteiger partial charge in [-0.15, -0.1) is 0 Å². The summed E-state index contributed by atoms with van der Waals surface area (Å²) in [4.78, 5) is 32.7. The molecular weight excluding hydrogens is 565 g/mol. The first kappa shape index (κ1) is 32.2. The third kappa shape index (κ3) is 6.58. The van der Waals surface area contributed by atoms with Gasteiger partial charge in [0.2, 0.25) is 5.91 Å². The van der Waals surface area contributed by atoms with Crippen molar-refractivity contribution in [1.82, 2.24) is 14.7 Å². The molecule has 230 valence electrons. The van der Waals surface area contributed by atoms with Gasteiger partial charge in [-0.2, -0.15) is 18.4 Å². The van der Waals surface area contributed by atoms with Gasteiger partial charge < -0.3 is 15.5 Å². The maximum absolute atomic E-state index is 13.6. The van der Waals surface area contributed by atoms with E-state index in [1.165, 1.54) is 11.0 Å². The van der Waals surface area contributed by atoms with E-state index in [0.29, 0.717) is 12.5 Å². The van der Waals surface area contributed by atoms with Crippen LogP contribution in [-0.2, 0) is 15.8 Å². The zero-order chi connectivity index (χ0) is 31.0. The van der Waals surface area contributed by atoms with Gasteiger partial charge in [0.15, 0.2) is 5.11 Å². The molecule has 4 rings (SSSR count). The number of thiocarbonyl (C=S) groups is 1. The van der Waals surface area contributed by atoms with Gasteiger partial charge >= 0.3 is 6.18 Å². The van der Waals surface area contributed by atoms with Crippen molar-refractivity contribution in [3.63, 3.8) is 0 Å². The number of hydrogen-bond acceptors (Lipinski definition) is 6. The van der Waals surface area contributed by atoms with Crippen LogP contribution in [0.5, 0.6) is 0 Å². The van der Waals surface area contributed by atoms with E-state index >= 15 is 0 Å². The number of carbonyl (C=O) groups excluding carboxylic acids is 2. The summed E-state index contributed by atoms with van der Waals surface area (Å²) in [6.45, 7) is 11.0. The monoisotopic (exact) mass is 606 g/mol. The molecule has 3 fully saturated rings. The van der Waals surface area contributed by atoms with E-state index in [9.17, 15) is 22.8 Å². The molecule has 1 saturated carbocycles. The predicted molar refractivity (Wildman–Crippen MR) is 158 cm³/mol. The number of nitriles is 1. The zero-order valence-electron chi connectivity index (χ0n) is 24.8. The highest BCUT2D eigenvalue weighted by Gasteiger charge is 2.52. The van der Waals surface area contributed by atoms with Crippen molar-refractivity contribution in [2.24, 2.45) is 11.7 Å². The molecule has 42 heavy (non-hydrogen) atoms. The number of alkyl halides is 3. The molecule has 0 bridgehead atoms. The maximum Gasteiger partial charge on any atom is 0.417 e. The summed E-state index contributed by atoms with van der Waals surface area (Å²) < 4.78 is 40.9. The number of anilines is 1. The van der Waals surface area contributed by atoms with Gasteiger partial charge in [-0.05, 0) is 109 Å². The van der Waals surface area contributed by atoms with Gasteiger partial charge in [0.05, 0.1) is 29.4 Å². The molecule has 12 heteroatoms. The minimum atomic E-state index is -4.73. The molecule has 0 aromatic heterocycles. The number of halogens is 3. The Morgan fingerprint density at radius 2 is 1.76 bits per heavy atom. The minimum absolute atomic E-state index is 0.0261. The Morgan fingerprint density at radius 3 is 2.31 bits per heavy atom. The normalized spacial score (nSPS) is 27.4. The molecule has 2 N–H and O–H groups in total. The summed E-state index contributed by atoms with van der Waals surface area (Å²) in [6, 6.07) is 5.45. The van der Waals surface area contributed by atoms with Gasteiger partial charge in [-0.1, -0.05) is 0 Å². The highest BCUT2D eigenvalue weighted by molar-refractivity contribution is 7.80. The number of piperazine rings is 1. The molecule has 1 aromatic carbocycles. The van der Waals surface area contributed by atoms with Crippen molar-refractivity contribution in [3.8, 4) is 6.07 Å². The highest BCUT2D eigenvalue weighted by Crippen LogP contribution is 2.41. The van der Waals surface area contributed by atoms with Crippen molar-refractivity contribution in [2.75, 3.05) is 31.1 Å². The predicted octanol–water partition coefficient (Wildman–Crippen LogP) is 4.51. The summed E-state index contributed by atoms with van der Waals surface area (Å²) in [6.07, 6.45) is 1.19. The molecule has 1 aliphatic carbocycles. The summed E-state index contributed by atoms with van der Waals surface area (Å²) >= 11 is 5.72. The fourth-order valence-electron chi connectivity index (χ4n) is 7.09. The molecule has 0 radical (unpaired) electrons. The smallest absolute Gasteiger partial charge is 0.369 e. The van der Waals surface area contributed by atoms with E-state index in [1.807, 2.05) is 4.90 Å². The van der Waals surface area contributed by atoms with Crippen LogP contribution in [0.2, 0.25) is 0 Å². The molecule has 0 unspecified atom stereocenters. The van der Waals surface area contributed by atoms with Gasteiger partial charge in [0.25, 0.3) is 5.91 Å². The summed E-state index contributed by atoms with van der Waals surface area (Å²) in [7, 11) is 0. The fraction of sp³-hybridized carbons (Fsp3) is 0.667. The molecular formula is C30H41F3N6O2S. The first-order valence-electron chi connectivity index (χ1n) is 14.7. The molecule has 2 heterocycles. The van der Waals surface area contributed by atoms with Crippen molar-refractivity contribution in [1.29, 1.82) is 5.26 Å². The van der Waals surface area contributed by atoms with Gasteiger partial charge in [0, 0.05) is 31.2 Å². The van der Waals surface area contributed by atoms with Crippen LogP contribution in [0.1, 0.15) is 77.3 Å². The third-order valence-electron chi connectivity index (χ3n) is 9.20. The number of carbonyl (C=O) groups is 2. The lowest BCUT2D eigenvalue weighted by atomic mass is 9.82. The Kier molecular flexibility index (Phi) is 9.55. The summed E-state index contributed by atoms with van der Waals surface area (Å²) in [5, 5.41) is 9.37. The lowest BCUT2D eigenvalue weighted by Gasteiger charge is -2.44. The van der Waals surface area contributed by atoms with Gasteiger partial charge in [0.1, 0.15) is 5.54 Å². The fourth-order valence-corrected chi connectivity index (χ4v) is 7.66. The second kappa shape index (κ2) is 12.5. The number of hydrogen-bond donors (Lipinski definition) is 1. The average molecular weight is 607 g/mol. The Hall–Kier alpha value is -2.75. The molecule has 8 nitrogen and oxygen atoms in total. The van der Waals surface area contributed by atoms with E-state index < -0.39 is 22.8 Å². The largest absolute Gasteiger partial charge is 0.417 e. The first-order valence-corrected chi connectivity index (χ1v) is 15.1. The van der Waals surface area contributed by atoms with E-state index in [-0.39, 0.29) is 40.7 Å². The average Bonchev–Trinajstić information content (AvgIpc) is 3.08. The number of amides is 2. The molecule has 2 atom stereocenters. The number of nitrogens with zero attached hydrogens (tertiary/aromatic N) is 5. The molecule has 1 aromatic rings. The van der Waals surface area contributed by atoms with Crippen LogP contribution in [0.3, 0.4) is 0 Å². The first-order chi connectivity index (χ1) is 19.6. The Bertz CT molecular complexity index is 1230. The Balaban J connectivity index is 1.34. The van der Waals surface area contributed by atoms with Crippen LogP contribution in [0.25, 0.3) is 0 Å². The second-order valence-corrected chi connectivity index (χ2v) is 13.0. The van der Waals surface area contributed by atoms with E-state index in [2.05, 4.69) is 23.6 Å². The standard InChI is InChI=1S/C30H41F3N6O2S/c1-19-16-36(17-20(2)37(19)18-26(35)40)13-5-6-21-7-10-23(11-8-21)39-28(42)38(27(41)29(39,3)4)24-12-9-22(15-34)25(14-24)30(31,32)33/h9,12,14,19-21,23H,5-8,10-11,13,16-18H2,1-4H3,(H2,35,40)/t19-,20-,21?,23?/m0/s1. The van der Waals surface area contributed by atoms with Crippen molar-refractivity contribution in [2.45, 2.75) is 96.1 Å². The van der Waals surface area contributed by atoms with Gasteiger partial charge in [-0.3, -0.25) is 19.4 Å². The van der Waals surface area contributed by atoms with E-state index in [1.54, 1.807) is 19.9 Å². The second-order valence-electron chi connectivity index (χ2n) is 12.6. The molecule has 2 amide bonds. The number of primary amides is 1. The summed E-state index contributed by atoms with van der Waals surface area (Å²) in [5.41, 5.74) is 2.88. The van der Waals surface area contributed by atoms with Crippen LogP contribution in [-0.4, -0.2) is 81.5 Å². The lowest BCUT2D eigenvalue weighted by molar-refractivity contribution is -0.137. The quantitative estimate of drug-likeness (QED) is 0.435. The Labute approximate surface area is 251 Å². The molecule has 0 spiro atoms. The number of nitrogens with two attached hydrogens (primary N) is 1. The third-order valence-corrected chi connectivity index (χ3v) is 9.58. The van der Waals surface area contributed by atoms with Crippen LogP contribution < -0.4 is 10.6 Å². The lowest BCUT2D eigenvalue weighted by Crippen LogP contribution is -2.58. The van der Waals surface area contributed by atoms with Crippen molar-refractivity contribution in [3.05, 3.63) is 29.3 Å². The maximum atomic E-state index is 13.6. The van der Waals surface area contributed by atoms with Crippen molar-refractivity contribution >= 4 is 34.8 Å². The van der Waals surface area contributed by atoms with Crippen molar-refractivity contribution < 1.29 is 22.8 Å². The van der Waals surface area contributed by atoms with Crippen LogP contribution in [0, 0.1) is 17.2 Å². The van der Waals surface area contributed by atoms with Crippen LogP contribution in [0.4, 0.5) is 18.9 Å². The Morgan fingerprint density at radius 1 is 1.14 bits per heavy atom. The van der Waals surface area contributed by atoms with Crippen LogP contribution in [0.15, 0.2) is 18.2 Å². The van der Waals surface area contributed by atoms with E-state index in [0.717, 1.165) is 70.3 Å². The molecule has 3 aliphatic rings.